The van der Waals surface area contributed by atoms with Gasteiger partial charge in [0, 0.05) is 5.41 Å². The molecule has 0 aromatic heterocycles. The summed E-state index contributed by atoms with van der Waals surface area (Å²) in [7, 11) is 0. The number of benzene rings is 1. The number of ether oxygens (including phenoxy) is 1. The van der Waals surface area contributed by atoms with E-state index in [1.54, 1.807) is 0 Å². The van der Waals surface area contributed by atoms with Crippen molar-refractivity contribution in [3.8, 4) is 5.75 Å². The predicted octanol–water partition coefficient (Wildman–Crippen LogP) is 3.26. The van der Waals surface area contributed by atoms with Crippen LogP contribution in [0.15, 0.2) is 18.2 Å². The third-order valence-corrected chi connectivity index (χ3v) is 4.29. The van der Waals surface area contributed by atoms with Gasteiger partial charge in [0.25, 0.3) is 0 Å². The lowest BCUT2D eigenvalue weighted by atomic mass is 9.90. The van der Waals surface area contributed by atoms with Gasteiger partial charge in [-0.3, -0.25) is 0 Å². The molecule has 0 fully saturated rings. The summed E-state index contributed by atoms with van der Waals surface area (Å²) < 4.78 is 5.80. The number of hydrogen-bond acceptors (Lipinski definition) is 2. The Balaban J connectivity index is 1.89. The summed E-state index contributed by atoms with van der Waals surface area (Å²) in [6, 6.07) is 6.43. The van der Waals surface area contributed by atoms with Gasteiger partial charge in [0.05, 0.1) is 11.6 Å². The van der Waals surface area contributed by atoms with Crippen molar-refractivity contribution in [2.45, 2.75) is 39.5 Å². The van der Waals surface area contributed by atoms with Crippen LogP contribution >= 0.6 is 12.2 Å². The molecular formula is C15H21NOS. The van der Waals surface area contributed by atoms with Crippen LogP contribution in [0.1, 0.15) is 37.8 Å². The van der Waals surface area contributed by atoms with E-state index in [1.165, 1.54) is 30.4 Å². The molecule has 2 rings (SSSR count). The highest BCUT2D eigenvalue weighted by Crippen LogP contribution is 2.27. The maximum absolute atomic E-state index is 5.80. The standard InChI is InChI=1S/C15H21NOS/c1-15(2,14(16)18)8-9-17-13-7-6-11-4-3-5-12(11)10-13/h6-7,10H,3-5,8-9H2,1-2H3,(H2,16,18). The first-order valence-corrected chi connectivity index (χ1v) is 6.94. The monoisotopic (exact) mass is 263 g/mol. The van der Waals surface area contributed by atoms with Gasteiger partial charge in [0.2, 0.25) is 0 Å². The first-order valence-electron chi connectivity index (χ1n) is 6.53. The van der Waals surface area contributed by atoms with E-state index >= 15 is 0 Å². The van der Waals surface area contributed by atoms with Crippen molar-refractivity contribution in [1.82, 2.24) is 0 Å². The maximum Gasteiger partial charge on any atom is 0.119 e. The van der Waals surface area contributed by atoms with Gasteiger partial charge in [0.15, 0.2) is 0 Å². The van der Waals surface area contributed by atoms with E-state index in [9.17, 15) is 0 Å². The molecule has 3 heteroatoms. The van der Waals surface area contributed by atoms with Crippen molar-refractivity contribution in [3.63, 3.8) is 0 Å². The molecule has 0 radical (unpaired) electrons. The molecule has 0 amide bonds. The third-order valence-electron chi connectivity index (χ3n) is 3.73. The highest BCUT2D eigenvalue weighted by Gasteiger charge is 2.21. The van der Waals surface area contributed by atoms with E-state index in [0.29, 0.717) is 11.6 Å². The minimum atomic E-state index is -0.133. The van der Waals surface area contributed by atoms with Crippen LogP contribution in [0.3, 0.4) is 0 Å². The quantitative estimate of drug-likeness (QED) is 0.828. The molecule has 98 valence electrons. The van der Waals surface area contributed by atoms with Crippen LogP contribution in [-0.2, 0) is 12.8 Å². The molecule has 18 heavy (non-hydrogen) atoms. The number of rotatable bonds is 5. The average Bonchev–Trinajstić information content (AvgIpc) is 2.75. The zero-order valence-electron chi connectivity index (χ0n) is 11.2. The topological polar surface area (TPSA) is 35.2 Å². The van der Waals surface area contributed by atoms with Gasteiger partial charge in [-0.25, -0.2) is 0 Å². The lowest BCUT2D eigenvalue weighted by Gasteiger charge is -2.22. The summed E-state index contributed by atoms with van der Waals surface area (Å²) in [4.78, 5) is 0.556. The van der Waals surface area contributed by atoms with Gasteiger partial charge in [-0.05, 0) is 48.9 Å². The van der Waals surface area contributed by atoms with Crippen molar-refractivity contribution in [2.75, 3.05) is 6.61 Å². The molecule has 2 N–H and O–H groups in total. The Hall–Kier alpha value is -1.09. The second-order valence-electron chi connectivity index (χ2n) is 5.63. The Bertz CT molecular complexity index is 454. The summed E-state index contributed by atoms with van der Waals surface area (Å²) >= 11 is 5.05. The number of nitrogens with two attached hydrogens (primary N) is 1. The third kappa shape index (κ3) is 3.02. The molecule has 2 nitrogen and oxygen atoms in total. The van der Waals surface area contributed by atoms with Gasteiger partial charge < -0.3 is 10.5 Å². The largest absolute Gasteiger partial charge is 0.494 e. The van der Waals surface area contributed by atoms with Gasteiger partial charge in [-0.1, -0.05) is 32.1 Å². The fourth-order valence-corrected chi connectivity index (χ4v) is 2.29. The Morgan fingerprint density at radius 3 is 2.78 bits per heavy atom. The molecule has 0 unspecified atom stereocenters. The van der Waals surface area contributed by atoms with Gasteiger partial charge >= 0.3 is 0 Å². The maximum atomic E-state index is 5.80. The second kappa shape index (κ2) is 5.27. The van der Waals surface area contributed by atoms with E-state index in [-0.39, 0.29) is 5.41 Å². The summed E-state index contributed by atoms with van der Waals surface area (Å²) in [6.07, 6.45) is 4.52. The smallest absolute Gasteiger partial charge is 0.119 e. The van der Waals surface area contributed by atoms with Crippen molar-refractivity contribution < 1.29 is 4.74 Å². The van der Waals surface area contributed by atoms with Crippen molar-refractivity contribution in [2.24, 2.45) is 11.1 Å². The molecule has 1 aromatic carbocycles. The number of aryl methyl sites for hydroxylation is 2. The predicted molar refractivity (Wildman–Crippen MR) is 79.1 cm³/mol. The van der Waals surface area contributed by atoms with E-state index in [4.69, 9.17) is 22.7 Å². The molecule has 0 aliphatic heterocycles. The van der Waals surface area contributed by atoms with Crippen LogP contribution in [0.4, 0.5) is 0 Å². The van der Waals surface area contributed by atoms with E-state index in [0.717, 1.165) is 12.2 Å². The first-order chi connectivity index (χ1) is 8.49. The second-order valence-corrected chi connectivity index (χ2v) is 6.07. The molecular weight excluding hydrogens is 242 g/mol. The molecule has 0 saturated heterocycles. The molecule has 1 aliphatic rings. The normalized spacial score (nSPS) is 14.3. The minimum Gasteiger partial charge on any atom is -0.494 e. The van der Waals surface area contributed by atoms with Crippen molar-refractivity contribution in [1.29, 1.82) is 0 Å². The summed E-state index contributed by atoms with van der Waals surface area (Å²) in [5.74, 6) is 0.967. The molecule has 1 aliphatic carbocycles. The van der Waals surface area contributed by atoms with Crippen LogP contribution < -0.4 is 10.5 Å². The number of hydrogen-bond donors (Lipinski definition) is 1. The summed E-state index contributed by atoms with van der Waals surface area (Å²) in [5.41, 5.74) is 8.49. The lowest BCUT2D eigenvalue weighted by Crippen LogP contribution is -2.31. The number of fused-ring (bicyclic) bond motifs is 1. The molecule has 0 atom stereocenters. The molecule has 0 bridgehead atoms. The highest BCUT2D eigenvalue weighted by molar-refractivity contribution is 7.80. The summed E-state index contributed by atoms with van der Waals surface area (Å²) in [6.45, 7) is 4.77. The SMILES string of the molecule is CC(C)(CCOc1ccc2c(c1)CCC2)C(N)=S. The molecule has 0 saturated carbocycles. The Morgan fingerprint density at radius 1 is 1.33 bits per heavy atom. The fourth-order valence-electron chi connectivity index (χ4n) is 2.19. The first kappa shape index (κ1) is 13.3. The van der Waals surface area contributed by atoms with Crippen LogP contribution in [0.2, 0.25) is 0 Å². The van der Waals surface area contributed by atoms with Crippen molar-refractivity contribution >= 4 is 17.2 Å². The van der Waals surface area contributed by atoms with Crippen molar-refractivity contribution in [3.05, 3.63) is 29.3 Å². The van der Waals surface area contributed by atoms with Gasteiger partial charge in [0.1, 0.15) is 5.75 Å². The molecule has 1 aromatic rings. The summed E-state index contributed by atoms with van der Waals surface area (Å²) in [5, 5.41) is 0. The highest BCUT2D eigenvalue weighted by atomic mass is 32.1. The zero-order chi connectivity index (χ0) is 13.2. The number of thiocarbonyl (C=S) groups is 1. The lowest BCUT2D eigenvalue weighted by molar-refractivity contribution is 0.270. The Labute approximate surface area is 115 Å². The van der Waals surface area contributed by atoms with Gasteiger partial charge in [-0.15, -0.1) is 0 Å². The van der Waals surface area contributed by atoms with Crippen LogP contribution in [0.5, 0.6) is 5.75 Å². The van der Waals surface area contributed by atoms with Crippen LogP contribution in [0.25, 0.3) is 0 Å². The molecule has 0 spiro atoms. The van der Waals surface area contributed by atoms with E-state index < -0.39 is 0 Å². The Morgan fingerprint density at radius 2 is 2.06 bits per heavy atom. The minimum absolute atomic E-state index is 0.133. The molecule has 0 heterocycles. The van der Waals surface area contributed by atoms with E-state index in [1.807, 2.05) is 0 Å². The van der Waals surface area contributed by atoms with E-state index in [2.05, 4.69) is 32.0 Å². The van der Waals surface area contributed by atoms with Crippen LogP contribution in [-0.4, -0.2) is 11.6 Å². The average molecular weight is 263 g/mol. The fraction of sp³-hybridized carbons (Fsp3) is 0.533. The van der Waals surface area contributed by atoms with Crippen LogP contribution in [0, 0.1) is 5.41 Å². The van der Waals surface area contributed by atoms with Gasteiger partial charge in [-0.2, -0.15) is 0 Å². The Kier molecular flexibility index (Phi) is 3.91. The zero-order valence-corrected chi connectivity index (χ0v) is 12.0.